The van der Waals surface area contributed by atoms with Crippen LogP contribution in [0.15, 0.2) is 71.8 Å². The van der Waals surface area contributed by atoms with Crippen LogP contribution in [0.5, 0.6) is 11.5 Å². The molecule has 4 heterocycles. The van der Waals surface area contributed by atoms with E-state index in [4.69, 9.17) is 9.47 Å². The van der Waals surface area contributed by atoms with Crippen LogP contribution in [0.3, 0.4) is 0 Å². The number of fused-ring (bicyclic) bond motifs is 3. The molecule has 1 unspecified atom stereocenters. The fourth-order valence-corrected chi connectivity index (χ4v) is 4.49. The Balaban J connectivity index is 1.52. The number of H-pyrrole nitrogens is 1. The van der Waals surface area contributed by atoms with Gasteiger partial charge in [0.15, 0.2) is 16.9 Å². The number of aromatic nitrogens is 2. The Hall–Kier alpha value is -3.64. The van der Waals surface area contributed by atoms with Crippen LogP contribution in [0.2, 0.25) is 0 Å². The highest BCUT2D eigenvalue weighted by Gasteiger charge is 2.35. The highest BCUT2D eigenvalue weighted by molar-refractivity contribution is 5.79. The molecule has 0 saturated heterocycles. The van der Waals surface area contributed by atoms with Gasteiger partial charge in [-0.1, -0.05) is 18.2 Å². The van der Waals surface area contributed by atoms with Crippen molar-refractivity contribution in [3.63, 3.8) is 0 Å². The highest BCUT2D eigenvalue weighted by atomic mass is 16.7. The van der Waals surface area contributed by atoms with Crippen LogP contribution in [0.25, 0.3) is 10.9 Å². The van der Waals surface area contributed by atoms with Crippen molar-refractivity contribution >= 4 is 10.9 Å². The van der Waals surface area contributed by atoms with E-state index < -0.39 is 0 Å². The largest absolute Gasteiger partial charge is 0.454 e. The molecule has 0 fully saturated rings. The van der Waals surface area contributed by atoms with Gasteiger partial charge in [0.05, 0.1) is 6.04 Å². The minimum absolute atomic E-state index is 0.0834. The zero-order valence-electron chi connectivity index (χ0n) is 16.2. The maximum absolute atomic E-state index is 13.3. The smallest absolute Gasteiger partial charge is 0.231 e. The monoisotopic (exact) mass is 397 g/mol. The van der Waals surface area contributed by atoms with Gasteiger partial charge in [0, 0.05) is 47.6 Å². The third-order valence-corrected chi connectivity index (χ3v) is 5.89. The lowest BCUT2D eigenvalue weighted by Crippen LogP contribution is -2.23. The van der Waals surface area contributed by atoms with Crippen molar-refractivity contribution in [3.8, 4) is 11.5 Å². The number of rotatable bonds is 3. The summed E-state index contributed by atoms with van der Waals surface area (Å²) in [5, 5.41) is 0.728. The number of aromatic amines is 1. The lowest BCUT2D eigenvalue weighted by Gasteiger charge is -2.25. The topological polar surface area (TPSA) is 67.5 Å². The van der Waals surface area contributed by atoms with Gasteiger partial charge >= 0.3 is 0 Å². The van der Waals surface area contributed by atoms with E-state index in [0.29, 0.717) is 13.1 Å². The van der Waals surface area contributed by atoms with Gasteiger partial charge in [-0.15, -0.1) is 0 Å². The lowest BCUT2D eigenvalue weighted by atomic mass is 10.0. The van der Waals surface area contributed by atoms with Crippen LogP contribution >= 0.6 is 0 Å². The van der Waals surface area contributed by atoms with Crippen molar-refractivity contribution in [1.82, 2.24) is 14.9 Å². The summed E-state index contributed by atoms with van der Waals surface area (Å²) in [6.07, 6.45) is 3.60. The normalized spacial score (nSPS) is 17.4. The maximum atomic E-state index is 13.3. The number of nitrogens with one attached hydrogen (secondary N) is 1. The predicted octanol–water partition coefficient (Wildman–Crippen LogP) is 3.76. The summed E-state index contributed by atoms with van der Waals surface area (Å²) in [4.78, 5) is 23.3. The third-order valence-electron chi connectivity index (χ3n) is 5.89. The van der Waals surface area contributed by atoms with Crippen LogP contribution in [-0.2, 0) is 13.1 Å². The summed E-state index contributed by atoms with van der Waals surface area (Å²) in [7, 11) is 0. The van der Waals surface area contributed by atoms with Crippen LogP contribution < -0.4 is 14.9 Å². The first-order chi connectivity index (χ1) is 14.8. The van der Waals surface area contributed by atoms with Gasteiger partial charge in [-0.2, -0.15) is 0 Å². The Morgan fingerprint density at radius 2 is 1.87 bits per heavy atom. The fraction of sp³-hybridized carbons (Fsp3) is 0.167. The van der Waals surface area contributed by atoms with E-state index in [1.807, 2.05) is 48.5 Å². The van der Waals surface area contributed by atoms with Crippen LogP contribution in [0.1, 0.15) is 28.4 Å². The molecule has 148 valence electrons. The number of nitrogens with zero attached hydrogens (tertiary/aromatic N) is 2. The SMILES string of the molecule is O=c1c2c([nH]c3ccccc13)C(c1ccc3c(c1)OCO3)N(Cc1ccncc1)C2. The third kappa shape index (κ3) is 2.69. The number of hydrogen-bond donors (Lipinski definition) is 1. The Morgan fingerprint density at radius 3 is 2.77 bits per heavy atom. The van der Waals surface area contributed by atoms with Crippen molar-refractivity contribution in [3.05, 3.63) is 99.6 Å². The Morgan fingerprint density at radius 1 is 1.03 bits per heavy atom. The summed E-state index contributed by atoms with van der Waals surface area (Å²) >= 11 is 0. The zero-order valence-corrected chi connectivity index (χ0v) is 16.2. The number of hydrogen-bond acceptors (Lipinski definition) is 5. The molecule has 6 rings (SSSR count). The number of pyridine rings is 2. The van der Waals surface area contributed by atoms with Gasteiger partial charge in [0.25, 0.3) is 0 Å². The molecule has 0 amide bonds. The van der Waals surface area contributed by atoms with Crippen molar-refractivity contribution in [2.24, 2.45) is 0 Å². The van der Waals surface area contributed by atoms with Crippen LogP contribution in [0.4, 0.5) is 0 Å². The molecule has 4 aromatic rings. The molecule has 1 N–H and O–H groups in total. The van der Waals surface area contributed by atoms with Crippen molar-refractivity contribution in [2.45, 2.75) is 19.1 Å². The molecule has 0 bridgehead atoms. The zero-order chi connectivity index (χ0) is 20.1. The van der Waals surface area contributed by atoms with Gasteiger partial charge in [-0.05, 0) is 47.5 Å². The van der Waals surface area contributed by atoms with E-state index in [9.17, 15) is 4.79 Å². The molecule has 0 spiro atoms. The first-order valence-corrected chi connectivity index (χ1v) is 9.94. The molecule has 2 aliphatic heterocycles. The molecular weight excluding hydrogens is 378 g/mol. The van der Waals surface area contributed by atoms with Crippen LogP contribution in [0, 0.1) is 0 Å². The molecule has 6 nitrogen and oxygen atoms in total. The van der Waals surface area contributed by atoms with Gasteiger partial charge < -0.3 is 14.5 Å². The van der Waals surface area contributed by atoms with E-state index in [0.717, 1.165) is 44.8 Å². The van der Waals surface area contributed by atoms with E-state index in [1.54, 1.807) is 12.4 Å². The molecule has 0 radical (unpaired) electrons. The van der Waals surface area contributed by atoms with Gasteiger partial charge in [-0.3, -0.25) is 14.7 Å². The average molecular weight is 397 g/mol. The summed E-state index contributed by atoms with van der Waals surface area (Å²) in [5.41, 5.74) is 4.95. The van der Waals surface area contributed by atoms with E-state index in [1.165, 1.54) is 0 Å². The summed E-state index contributed by atoms with van der Waals surface area (Å²) in [6.45, 7) is 1.53. The first kappa shape index (κ1) is 17.2. The molecule has 30 heavy (non-hydrogen) atoms. The molecule has 0 saturated carbocycles. The summed E-state index contributed by atoms with van der Waals surface area (Å²) in [6, 6.07) is 17.7. The minimum atomic E-state index is -0.0834. The van der Waals surface area contributed by atoms with Crippen LogP contribution in [-0.4, -0.2) is 21.7 Å². The maximum Gasteiger partial charge on any atom is 0.231 e. The average Bonchev–Trinajstić information content (AvgIpc) is 3.38. The predicted molar refractivity (Wildman–Crippen MR) is 112 cm³/mol. The molecule has 1 atom stereocenters. The Labute approximate surface area is 172 Å². The highest BCUT2D eigenvalue weighted by Crippen LogP contribution is 2.42. The molecule has 2 aliphatic rings. The lowest BCUT2D eigenvalue weighted by molar-refractivity contribution is 0.173. The fourth-order valence-electron chi connectivity index (χ4n) is 4.49. The summed E-state index contributed by atoms with van der Waals surface area (Å²) < 4.78 is 11.1. The molecule has 2 aromatic carbocycles. The van der Waals surface area contributed by atoms with Gasteiger partial charge in [0.1, 0.15) is 0 Å². The Bertz CT molecular complexity index is 1320. The molecular formula is C24H19N3O3. The van der Waals surface area contributed by atoms with Crippen molar-refractivity contribution in [2.75, 3.05) is 6.79 Å². The number of benzene rings is 2. The minimum Gasteiger partial charge on any atom is -0.454 e. The standard InChI is InChI=1S/C24H19N3O3/c28-24-17-3-1-2-4-19(17)26-22-18(24)13-27(12-15-7-9-25-10-8-15)23(22)16-5-6-20-21(11-16)30-14-29-20/h1-11,23H,12-14H2,(H,26,28). The van der Waals surface area contributed by atoms with E-state index >= 15 is 0 Å². The van der Waals surface area contributed by atoms with Gasteiger partial charge in [0.2, 0.25) is 6.79 Å². The second-order valence-corrected chi connectivity index (χ2v) is 7.67. The summed E-state index contributed by atoms with van der Waals surface area (Å²) in [5.74, 6) is 1.50. The second-order valence-electron chi connectivity index (χ2n) is 7.67. The number of ether oxygens (including phenoxy) is 2. The molecule has 6 heteroatoms. The second kappa shape index (κ2) is 6.71. The first-order valence-electron chi connectivity index (χ1n) is 9.94. The molecule has 0 aliphatic carbocycles. The van der Waals surface area contributed by atoms with E-state index in [2.05, 4.69) is 20.9 Å². The quantitative estimate of drug-likeness (QED) is 0.570. The van der Waals surface area contributed by atoms with E-state index in [-0.39, 0.29) is 18.3 Å². The van der Waals surface area contributed by atoms with Gasteiger partial charge in [-0.25, -0.2) is 0 Å². The van der Waals surface area contributed by atoms with Crippen molar-refractivity contribution < 1.29 is 9.47 Å². The van der Waals surface area contributed by atoms with Crippen molar-refractivity contribution in [1.29, 1.82) is 0 Å². The molecule has 2 aromatic heterocycles. The number of para-hydroxylation sites is 1. The Kier molecular flexibility index (Phi) is 3.86.